The minimum absolute atomic E-state index is 0.651. The largest absolute Gasteiger partial charge is 0.441 e. The van der Waals surface area contributed by atoms with Crippen LogP contribution >= 0.6 is 15.9 Å². The zero-order valence-electron chi connectivity index (χ0n) is 8.16. The highest BCUT2D eigenvalue weighted by Crippen LogP contribution is 2.21. The second-order valence-corrected chi connectivity index (χ2v) is 4.29. The summed E-state index contributed by atoms with van der Waals surface area (Å²) < 4.78 is 6.54. The molecule has 3 nitrogen and oxygen atoms in total. The maximum Gasteiger partial charge on any atom is 0.195 e. The molecule has 0 aliphatic heterocycles. The summed E-state index contributed by atoms with van der Waals surface area (Å²) in [6.45, 7) is 3.64. The van der Waals surface area contributed by atoms with Crippen LogP contribution in [0.15, 0.2) is 39.4 Å². The highest BCUT2D eigenvalue weighted by molar-refractivity contribution is 9.10. The van der Waals surface area contributed by atoms with Crippen molar-refractivity contribution in [3.05, 3.63) is 40.8 Å². The second-order valence-electron chi connectivity index (χ2n) is 3.38. The Morgan fingerprint density at radius 2 is 2.33 bits per heavy atom. The molecule has 2 rings (SSSR count). The highest BCUT2D eigenvalue weighted by atomic mass is 79.9. The molecular formula is C11H11BrN2O. The third kappa shape index (κ3) is 2.39. The van der Waals surface area contributed by atoms with Crippen LogP contribution in [0.5, 0.6) is 0 Å². The van der Waals surface area contributed by atoms with Gasteiger partial charge < -0.3 is 10.2 Å². The van der Waals surface area contributed by atoms with E-state index in [2.05, 4.69) is 27.5 Å². The molecule has 0 aliphatic rings. The molecule has 0 saturated heterocycles. The van der Waals surface area contributed by atoms with E-state index in [1.165, 1.54) is 0 Å². The molecule has 0 aliphatic carbocycles. The molecule has 0 unspecified atom stereocenters. The molecular weight excluding hydrogens is 256 g/mol. The molecule has 0 bridgehead atoms. The predicted octanol–water partition coefficient (Wildman–Crippen LogP) is 3.00. The average Bonchev–Trinajstić information content (AvgIpc) is 2.56. The van der Waals surface area contributed by atoms with Crippen LogP contribution in [0.25, 0.3) is 11.1 Å². The number of aromatic nitrogens is 1. The third-order valence-corrected chi connectivity index (χ3v) is 2.55. The van der Waals surface area contributed by atoms with E-state index in [-0.39, 0.29) is 0 Å². The molecule has 0 fully saturated rings. The Morgan fingerprint density at radius 1 is 1.53 bits per heavy atom. The van der Waals surface area contributed by atoms with Gasteiger partial charge in [0.15, 0.2) is 11.5 Å². The fourth-order valence-corrected chi connectivity index (χ4v) is 1.67. The first-order valence-electron chi connectivity index (χ1n) is 4.63. The van der Waals surface area contributed by atoms with Gasteiger partial charge in [0, 0.05) is 16.6 Å². The summed E-state index contributed by atoms with van der Waals surface area (Å²) in [5, 5.41) is 0. The van der Waals surface area contributed by atoms with Crippen molar-refractivity contribution in [1.29, 1.82) is 0 Å². The Hall–Kier alpha value is -1.29. The van der Waals surface area contributed by atoms with Crippen LogP contribution in [-0.2, 0) is 6.42 Å². The number of hydrogen-bond donors (Lipinski definition) is 1. The number of hydrogen-bond acceptors (Lipinski definition) is 3. The fraction of sp³-hybridized carbons (Fsp3) is 0.182. The van der Waals surface area contributed by atoms with Crippen LogP contribution in [0, 0.1) is 0 Å². The minimum atomic E-state index is 0.651. The number of nitrogens with two attached hydrogens (primary N) is 1. The molecule has 4 heteroatoms. The SMILES string of the molecule is C=C(N)CCc1nc2cc(Br)ccc2o1. The predicted molar refractivity (Wildman–Crippen MR) is 63.4 cm³/mol. The lowest BCUT2D eigenvalue weighted by molar-refractivity contribution is 0.527. The first-order valence-corrected chi connectivity index (χ1v) is 5.42. The van der Waals surface area contributed by atoms with Gasteiger partial charge in [0.05, 0.1) is 0 Å². The average molecular weight is 267 g/mol. The van der Waals surface area contributed by atoms with E-state index in [0.29, 0.717) is 24.4 Å². The standard InChI is InChI=1S/C11H11BrN2O/c1-7(13)2-5-11-14-9-6-8(12)3-4-10(9)15-11/h3-4,6H,1-2,5,13H2. The Bertz CT molecular complexity index is 504. The molecule has 2 aromatic rings. The number of fused-ring (bicyclic) bond motifs is 1. The van der Waals surface area contributed by atoms with E-state index in [1.807, 2.05) is 18.2 Å². The molecule has 0 spiro atoms. The van der Waals surface area contributed by atoms with Crippen molar-refractivity contribution in [2.24, 2.45) is 5.73 Å². The fourth-order valence-electron chi connectivity index (χ4n) is 1.32. The van der Waals surface area contributed by atoms with Gasteiger partial charge in [-0.15, -0.1) is 0 Å². The number of benzene rings is 1. The molecule has 15 heavy (non-hydrogen) atoms. The number of oxazole rings is 1. The molecule has 1 aromatic heterocycles. The lowest BCUT2D eigenvalue weighted by atomic mass is 10.2. The summed E-state index contributed by atoms with van der Waals surface area (Å²) in [6.07, 6.45) is 1.40. The number of nitrogens with zero attached hydrogens (tertiary/aromatic N) is 1. The normalized spacial score (nSPS) is 10.7. The van der Waals surface area contributed by atoms with Crippen molar-refractivity contribution in [2.45, 2.75) is 12.8 Å². The second kappa shape index (κ2) is 4.06. The molecule has 0 atom stereocenters. The molecule has 0 amide bonds. The van der Waals surface area contributed by atoms with E-state index in [4.69, 9.17) is 10.2 Å². The van der Waals surface area contributed by atoms with Gasteiger partial charge in [0.2, 0.25) is 0 Å². The van der Waals surface area contributed by atoms with Crippen molar-refractivity contribution in [3.8, 4) is 0 Å². The smallest absolute Gasteiger partial charge is 0.195 e. The summed E-state index contributed by atoms with van der Waals surface area (Å²) in [7, 11) is 0. The molecule has 0 saturated carbocycles. The Kier molecular flexibility index (Phi) is 2.77. The van der Waals surface area contributed by atoms with E-state index in [0.717, 1.165) is 15.6 Å². The van der Waals surface area contributed by atoms with E-state index < -0.39 is 0 Å². The topological polar surface area (TPSA) is 52.0 Å². The summed E-state index contributed by atoms with van der Waals surface area (Å²) in [4.78, 5) is 4.35. The minimum Gasteiger partial charge on any atom is -0.441 e. The zero-order valence-corrected chi connectivity index (χ0v) is 9.75. The molecule has 78 valence electrons. The Labute approximate surface area is 96.1 Å². The Morgan fingerprint density at radius 3 is 3.07 bits per heavy atom. The van der Waals surface area contributed by atoms with E-state index >= 15 is 0 Å². The Balaban J connectivity index is 2.27. The van der Waals surface area contributed by atoms with Gasteiger partial charge in [-0.3, -0.25) is 0 Å². The maximum atomic E-state index is 5.54. The van der Waals surface area contributed by atoms with Crippen molar-refractivity contribution >= 4 is 27.0 Å². The number of halogens is 1. The van der Waals surface area contributed by atoms with Crippen LogP contribution < -0.4 is 5.73 Å². The summed E-state index contributed by atoms with van der Waals surface area (Å²) in [5.41, 5.74) is 7.80. The molecule has 1 aromatic carbocycles. The number of rotatable bonds is 3. The van der Waals surface area contributed by atoms with Gasteiger partial charge in [-0.25, -0.2) is 4.98 Å². The van der Waals surface area contributed by atoms with Crippen molar-refractivity contribution < 1.29 is 4.42 Å². The van der Waals surface area contributed by atoms with Gasteiger partial charge in [-0.2, -0.15) is 0 Å². The monoisotopic (exact) mass is 266 g/mol. The lowest BCUT2D eigenvalue weighted by Gasteiger charge is -1.93. The lowest BCUT2D eigenvalue weighted by Crippen LogP contribution is -1.96. The number of allylic oxidation sites excluding steroid dienone is 1. The van der Waals surface area contributed by atoms with Crippen LogP contribution in [0.4, 0.5) is 0 Å². The van der Waals surface area contributed by atoms with Crippen LogP contribution in [0.2, 0.25) is 0 Å². The number of aryl methyl sites for hydroxylation is 1. The van der Waals surface area contributed by atoms with Gasteiger partial charge >= 0.3 is 0 Å². The van der Waals surface area contributed by atoms with Crippen LogP contribution in [0.3, 0.4) is 0 Å². The van der Waals surface area contributed by atoms with E-state index in [1.54, 1.807) is 0 Å². The van der Waals surface area contributed by atoms with Gasteiger partial charge in [0.25, 0.3) is 0 Å². The van der Waals surface area contributed by atoms with Crippen LogP contribution in [-0.4, -0.2) is 4.98 Å². The van der Waals surface area contributed by atoms with Crippen molar-refractivity contribution in [1.82, 2.24) is 4.98 Å². The van der Waals surface area contributed by atoms with Gasteiger partial charge in [-0.05, 0) is 24.6 Å². The molecule has 1 heterocycles. The first-order chi connectivity index (χ1) is 7.15. The van der Waals surface area contributed by atoms with Crippen LogP contribution in [0.1, 0.15) is 12.3 Å². The summed E-state index contributed by atoms with van der Waals surface area (Å²) in [6, 6.07) is 5.76. The molecule has 0 radical (unpaired) electrons. The first kappa shape index (κ1) is 10.2. The third-order valence-electron chi connectivity index (χ3n) is 2.05. The van der Waals surface area contributed by atoms with Gasteiger partial charge in [0.1, 0.15) is 5.52 Å². The highest BCUT2D eigenvalue weighted by Gasteiger charge is 2.05. The summed E-state index contributed by atoms with van der Waals surface area (Å²) >= 11 is 3.39. The van der Waals surface area contributed by atoms with Crippen molar-refractivity contribution in [2.75, 3.05) is 0 Å². The zero-order chi connectivity index (χ0) is 10.8. The van der Waals surface area contributed by atoms with Gasteiger partial charge in [-0.1, -0.05) is 22.5 Å². The maximum absolute atomic E-state index is 5.54. The van der Waals surface area contributed by atoms with Crippen molar-refractivity contribution in [3.63, 3.8) is 0 Å². The molecule has 2 N–H and O–H groups in total. The summed E-state index contributed by atoms with van der Waals surface area (Å²) in [5.74, 6) is 0.703. The van der Waals surface area contributed by atoms with E-state index in [9.17, 15) is 0 Å². The quantitative estimate of drug-likeness (QED) is 0.930.